The number of rotatable bonds is 2. The minimum absolute atomic E-state index is 0.179. The molecule has 1 heterocycles. The summed E-state index contributed by atoms with van der Waals surface area (Å²) in [6.07, 6.45) is 1.17. The Morgan fingerprint density at radius 2 is 1.60 bits per heavy atom. The molecule has 1 aromatic carbocycles. The summed E-state index contributed by atoms with van der Waals surface area (Å²) in [7, 11) is 0. The molecule has 1 aliphatic heterocycles. The van der Waals surface area contributed by atoms with E-state index in [1.807, 2.05) is 25.1 Å². The molecule has 0 amide bonds. The predicted octanol–water partition coefficient (Wildman–Crippen LogP) is 2.77. The largest absolute Gasteiger partial charge is 0.344 e. The second-order valence-corrected chi connectivity index (χ2v) is 4.44. The molecule has 15 heavy (non-hydrogen) atoms. The van der Waals surface area contributed by atoms with Crippen molar-refractivity contribution in [1.29, 1.82) is 0 Å². The third-order valence-electron chi connectivity index (χ3n) is 2.90. The second-order valence-electron chi connectivity index (χ2n) is 4.44. The van der Waals surface area contributed by atoms with Gasteiger partial charge in [0.25, 0.3) is 0 Å². The van der Waals surface area contributed by atoms with Gasteiger partial charge >= 0.3 is 0 Å². The predicted molar refractivity (Wildman–Crippen MR) is 59.6 cm³/mol. The van der Waals surface area contributed by atoms with Crippen molar-refractivity contribution in [3.63, 3.8) is 0 Å². The molecule has 0 bridgehead atoms. The van der Waals surface area contributed by atoms with E-state index in [1.165, 1.54) is 5.56 Å². The Kier molecular flexibility index (Phi) is 2.81. The van der Waals surface area contributed by atoms with E-state index in [9.17, 15) is 0 Å². The number of hydrogen-bond donors (Lipinski definition) is 0. The van der Waals surface area contributed by atoms with Gasteiger partial charge in [0.05, 0.1) is 12.2 Å². The quantitative estimate of drug-likeness (QED) is 0.740. The van der Waals surface area contributed by atoms with Crippen molar-refractivity contribution < 1.29 is 9.47 Å². The van der Waals surface area contributed by atoms with Gasteiger partial charge < -0.3 is 9.47 Å². The van der Waals surface area contributed by atoms with E-state index in [1.54, 1.807) is 0 Å². The highest BCUT2D eigenvalue weighted by Gasteiger charge is 2.39. The van der Waals surface area contributed by atoms with Crippen LogP contribution in [0.4, 0.5) is 0 Å². The summed E-state index contributed by atoms with van der Waals surface area (Å²) in [5.41, 5.74) is 1.25. The van der Waals surface area contributed by atoms with Gasteiger partial charge in [-0.15, -0.1) is 0 Å². The molecule has 0 aromatic heterocycles. The van der Waals surface area contributed by atoms with E-state index in [0.29, 0.717) is 0 Å². The van der Waals surface area contributed by atoms with Crippen LogP contribution in [-0.4, -0.2) is 18.0 Å². The highest BCUT2D eigenvalue weighted by atomic mass is 16.7. The van der Waals surface area contributed by atoms with E-state index in [4.69, 9.17) is 9.47 Å². The molecular weight excluding hydrogens is 188 g/mol. The smallest absolute Gasteiger partial charge is 0.170 e. The molecule has 1 aliphatic rings. The molecule has 0 N–H and O–H groups in total. The lowest BCUT2D eigenvalue weighted by Gasteiger charge is -2.23. The van der Waals surface area contributed by atoms with Gasteiger partial charge in [0, 0.05) is 6.42 Å². The Hall–Kier alpha value is -0.860. The SMILES string of the molecule is C[C@H]1OC(C)(Cc2ccccc2)O[C@@H]1C. The average Bonchev–Trinajstić information content (AvgIpc) is 2.42. The molecule has 2 atom stereocenters. The van der Waals surface area contributed by atoms with E-state index in [0.717, 1.165) is 6.42 Å². The Morgan fingerprint density at radius 1 is 1.07 bits per heavy atom. The van der Waals surface area contributed by atoms with Crippen LogP contribution in [0.5, 0.6) is 0 Å². The first-order valence-electron chi connectivity index (χ1n) is 5.49. The highest BCUT2D eigenvalue weighted by molar-refractivity contribution is 5.16. The van der Waals surface area contributed by atoms with E-state index in [-0.39, 0.29) is 12.2 Å². The van der Waals surface area contributed by atoms with Crippen molar-refractivity contribution in [3.8, 4) is 0 Å². The van der Waals surface area contributed by atoms with Gasteiger partial charge in [0.2, 0.25) is 0 Å². The zero-order chi connectivity index (χ0) is 10.9. The van der Waals surface area contributed by atoms with Crippen LogP contribution >= 0.6 is 0 Å². The third-order valence-corrected chi connectivity index (χ3v) is 2.90. The molecule has 0 spiro atoms. The van der Waals surface area contributed by atoms with E-state index >= 15 is 0 Å². The lowest BCUT2D eigenvalue weighted by atomic mass is 10.1. The number of hydrogen-bond acceptors (Lipinski definition) is 2. The van der Waals surface area contributed by atoms with Crippen LogP contribution in [0.3, 0.4) is 0 Å². The van der Waals surface area contributed by atoms with Gasteiger partial charge in [-0.25, -0.2) is 0 Å². The fraction of sp³-hybridized carbons (Fsp3) is 0.538. The zero-order valence-corrected chi connectivity index (χ0v) is 9.57. The van der Waals surface area contributed by atoms with Gasteiger partial charge in [-0.05, 0) is 26.3 Å². The average molecular weight is 206 g/mol. The number of benzene rings is 1. The van der Waals surface area contributed by atoms with Gasteiger partial charge in [0.1, 0.15) is 0 Å². The summed E-state index contributed by atoms with van der Waals surface area (Å²) in [5, 5.41) is 0. The van der Waals surface area contributed by atoms with Crippen LogP contribution in [0, 0.1) is 0 Å². The van der Waals surface area contributed by atoms with Crippen LogP contribution in [0.2, 0.25) is 0 Å². The standard InChI is InChI=1S/C13H18O2/c1-10-11(2)15-13(3,14-10)9-12-7-5-4-6-8-12/h4-8,10-11H,9H2,1-3H3/t10-,11-/m1/s1. The summed E-state index contributed by atoms with van der Waals surface area (Å²) in [6.45, 7) is 6.13. The van der Waals surface area contributed by atoms with Crippen molar-refractivity contribution in [1.82, 2.24) is 0 Å². The molecule has 0 aliphatic carbocycles. The summed E-state index contributed by atoms with van der Waals surface area (Å²) in [6, 6.07) is 10.3. The van der Waals surface area contributed by atoms with Gasteiger partial charge in [-0.2, -0.15) is 0 Å². The summed E-state index contributed by atoms with van der Waals surface area (Å²) < 4.78 is 11.7. The van der Waals surface area contributed by atoms with E-state index in [2.05, 4.69) is 26.0 Å². The van der Waals surface area contributed by atoms with Crippen molar-refractivity contribution in [2.45, 2.75) is 45.2 Å². The molecule has 2 heteroatoms. The summed E-state index contributed by atoms with van der Waals surface area (Å²) in [4.78, 5) is 0. The molecule has 82 valence electrons. The minimum Gasteiger partial charge on any atom is -0.344 e. The first kappa shape index (κ1) is 10.7. The molecule has 0 radical (unpaired) electrons. The van der Waals surface area contributed by atoms with Crippen LogP contribution in [0.1, 0.15) is 26.3 Å². The Morgan fingerprint density at radius 3 is 2.13 bits per heavy atom. The topological polar surface area (TPSA) is 18.5 Å². The van der Waals surface area contributed by atoms with Gasteiger partial charge in [-0.1, -0.05) is 30.3 Å². The molecule has 1 fully saturated rings. The van der Waals surface area contributed by atoms with Crippen molar-refractivity contribution in [2.75, 3.05) is 0 Å². The number of ether oxygens (including phenoxy) is 2. The van der Waals surface area contributed by atoms with Gasteiger partial charge in [-0.3, -0.25) is 0 Å². The molecule has 0 unspecified atom stereocenters. The maximum Gasteiger partial charge on any atom is 0.170 e. The normalized spacial score (nSPS) is 29.3. The molecule has 2 nitrogen and oxygen atoms in total. The Bertz CT molecular complexity index is 311. The molecule has 2 rings (SSSR count). The van der Waals surface area contributed by atoms with Crippen molar-refractivity contribution >= 4 is 0 Å². The lowest BCUT2D eigenvalue weighted by Crippen LogP contribution is -2.29. The second kappa shape index (κ2) is 3.95. The van der Waals surface area contributed by atoms with Crippen LogP contribution < -0.4 is 0 Å². The lowest BCUT2D eigenvalue weighted by molar-refractivity contribution is -0.157. The third kappa shape index (κ3) is 2.39. The van der Waals surface area contributed by atoms with Crippen LogP contribution in [-0.2, 0) is 15.9 Å². The monoisotopic (exact) mass is 206 g/mol. The highest BCUT2D eigenvalue weighted by Crippen LogP contribution is 2.31. The van der Waals surface area contributed by atoms with Gasteiger partial charge in [0.15, 0.2) is 5.79 Å². The van der Waals surface area contributed by atoms with Crippen molar-refractivity contribution in [2.24, 2.45) is 0 Å². The Labute approximate surface area is 91.2 Å². The molecule has 0 saturated carbocycles. The summed E-state index contributed by atoms with van der Waals surface area (Å²) >= 11 is 0. The first-order valence-corrected chi connectivity index (χ1v) is 5.49. The molecule has 1 aromatic rings. The fourth-order valence-electron chi connectivity index (χ4n) is 2.06. The Balaban J connectivity index is 2.06. The fourth-order valence-corrected chi connectivity index (χ4v) is 2.06. The van der Waals surface area contributed by atoms with E-state index < -0.39 is 5.79 Å². The first-order chi connectivity index (χ1) is 7.09. The van der Waals surface area contributed by atoms with Crippen LogP contribution in [0.25, 0.3) is 0 Å². The van der Waals surface area contributed by atoms with Crippen molar-refractivity contribution in [3.05, 3.63) is 35.9 Å². The summed E-state index contributed by atoms with van der Waals surface area (Å²) in [5.74, 6) is -0.458. The molecule has 1 saturated heterocycles. The maximum absolute atomic E-state index is 5.84. The maximum atomic E-state index is 5.84. The zero-order valence-electron chi connectivity index (χ0n) is 9.57. The molecular formula is C13H18O2. The van der Waals surface area contributed by atoms with Crippen LogP contribution in [0.15, 0.2) is 30.3 Å². The minimum atomic E-state index is -0.458.